The minimum absolute atomic E-state index is 0.0104. The lowest BCUT2D eigenvalue weighted by molar-refractivity contribution is -0.142. The van der Waals surface area contributed by atoms with Gasteiger partial charge < -0.3 is 62.4 Å². The molecule has 44 heteroatoms. The second kappa shape index (κ2) is 40.2. The van der Waals surface area contributed by atoms with Crippen LogP contribution in [0.15, 0.2) is 177 Å². The van der Waals surface area contributed by atoms with Gasteiger partial charge in [-0.1, -0.05) is 94.9 Å². The molecule has 26 nitrogen and oxygen atoms in total. The zero-order chi connectivity index (χ0) is 104. The summed E-state index contributed by atoms with van der Waals surface area (Å²) in [5.41, 5.74) is -3.09. The molecule has 16 aromatic rings. The highest BCUT2D eigenvalue weighted by atomic mass is 35.5. The van der Waals surface area contributed by atoms with Crippen LogP contribution >= 0.6 is 46.4 Å². The SMILES string of the molecule is COc1nc2ccc(C(O)(c3c(C)nn(C)c3C)c3cnc(C)n3C)cc2c(Cl)c1OCC(C)(F)F.COc1nc2ccc(C(O)(c3ccc(C(F)(F)F)nc3)c3cncn3C)cc2c(C#N)c1CC(C)(F)F.COc1nc2ccc(C(O)(c3ccc(C(F)(F)F)nc3)c3cncn3C)cc2c(Cl)c1CC(C)(F)F.COc1nc2ccc(C(O)(c3ccc(Cl)cc3)c3cncn3C)cc2c(Cl)c1CC(C)(F)F. The molecule has 5 aromatic carbocycles. The number of rotatable bonds is 25. The predicted molar refractivity (Wildman–Crippen MR) is 501 cm³/mol. The number of alkyl halides is 14. The molecule has 0 saturated carbocycles. The van der Waals surface area contributed by atoms with Gasteiger partial charge in [0.2, 0.25) is 41.2 Å². The highest BCUT2D eigenvalue weighted by Gasteiger charge is 2.46. The van der Waals surface area contributed by atoms with Crippen LogP contribution < -0.4 is 23.7 Å². The molecule has 746 valence electrons. The Morgan fingerprint density at radius 3 is 1.06 bits per heavy atom. The molecule has 11 aromatic heterocycles. The quantitative estimate of drug-likeness (QED) is 0.0386. The second-order valence-corrected chi connectivity index (χ2v) is 35.6. The molecule has 4 atom stereocenters. The Bertz CT molecular complexity index is 7450. The number of aromatic nitrogens is 16. The van der Waals surface area contributed by atoms with Crippen molar-refractivity contribution in [3.63, 3.8) is 0 Å². The number of ether oxygens (including phenoxy) is 5. The monoisotopic (exact) mass is 2050 g/mol. The van der Waals surface area contributed by atoms with Crippen molar-refractivity contribution in [1.29, 1.82) is 5.26 Å². The summed E-state index contributed by atoms with van der Waals surface area (Å²) in [6.45, 7) is 7.64. The van der Waals surface area contributed by atoms with E-state index in [4.69, 9.17) is 70.1 Å². The van der Waals surface area contributed by atoms with E-state index in [2.05, 4.69) is 54.9 Å². The van der Waals surface area contributed by atoms with Crippen LogP contribution in [0.1, 0.15) is 146 Å². The van der Waals surface area contributed by atoms with Crippen molar-refractivity contribution in [3.8, 4) is 35.3 Å². The lowest BCUT2D eigenvalue weighted by atomic mass is 9.81. The Labute approximate surface area is 821 Å². The van der Waals surface area contributed by atoms with Gasteiger partial charge in [-0.15, -0.1) is 0 Å². The number of methoxy groups -OCH3 is 4. The van der Waals surface area contributed by atoms with Crippen molar-refractivity contribution >= 4 is 90.0 Å². The van der Waals surface area contributed by atoms with Crippen LogP contribution in [0.3, 0.4) is 0 Å². The van der Waals surface area contributed by atoms with Crippen LogP contribution in [0.2, 0.25) is 20.1 Å². The van der Waals surface area contributed by atoms with E-state index in [-0.39, 0.29) is 117 Å². The first kappa shape index (κ1) is 106. The van der Waals surface area contributed by atoms with E-state index < -0.39 is 95.7 Å². The molecule has 0 spiro atoms. The third kappa shape index (κ3) is 21.2. The van der Waals surface area contributed by atoms with Crippen LogP contribution in [0.25, 0.3) is 43.6 Å². The zero-order valence-corrected chi connectivity index (χ0v) is 81.3. The van der Waals surface area contributed by atoms with Crippen molar-refractivity contribution in [3.05, 3.63) is 316 Å². The molecular formula is C98H89Cl4F14N17O9. The maximum Gasteiger partial charge on any atom is 0.433 e. The lowest BCUT2D eigenvalue weighted by Gasteiger charge is -2.30. The van der Waals surface area contributed by atoms with Crippen LogP contribution in [0.5, 0.6) is 29.3 Å². The molecule has 0 aliphatic carbocycles. The summed E-state index contributed by atoms with van der Waals surface area (Å²) in [6, 6.07) is 31.4. The number of nitrogens with zero attached hydrogens (tertiary/aromatic N) is 17. The van der Waals surface area contributed by atoms with Gasteiger partial charge in [0.25, 0.3) is 11.8 Å². The summed E-state index contributed by atoms with van der Waals surface area (Å²) in [5.74, 6) is -11.9. The molecule has 16 rings (SSSR count). The van der Waals surface area contributed by atoms with Crippen LogP contribution in [0, 0.1) is 32.1 Å². The Hall–Kier alpha value is -13.4. The van der Waals surface area contributed by atoms with Gasteiger partial charge in [0.15, 0.2) is 29.0 Å². The number of hydrogen-bond acceptors (Lipinski definition) is 21. The molecule has 0 amide bonds. The van der Waals surface area contributed by atoms with Crippen molar-refractivity contribution in [1.82, 2.24) is 77.9 Å². The van der Waals surface area contributed by atoms with Crippen molar-refractivity contribution in [2.75, 3.05) is 35.0 Å². The van der Waals surface area contributed by atoms with Crippen LogP contribution in [-0.2, 0) is 89.3 Å². The number of imidazole rings is 4. The summed E-state index contributed by atoms with van der Waals surface area (Å²) in [5, 5.41) is 64.9. The van der Waals surface area contributed by atoms with Gasteiger partial charge in [-0.3, -0.25) is 14.6 Å². The molecule has 4 unspecified atom stereocenters. The average molecular weight is 2060 g/mol. The number of nitriles is 1. The van der Waals surface area contributed by atoms with Gasteiger partial charge in [-0.05, 0) is 142 Å². The molecular weight excluding hydrogens is 1970 g/mol. The van der Waals surface area contributed by atoms with E-state index in [0.717, 1.165) is 63.1 Å². The maximum absolute atomic E-state index is 13.9. The summed E-state index contributed by atoms with van der Waals surface area (Å²) in [7, 11) is 13.8. The van der Waals surface area contributed by atoms with Gasteiger partial charge in [0, 0.05) is 139 Å². The molecule has 0 bridgehead atoms. The molecule has 11 heterocycles. The topological polar surface area (TPSA) is 317 Å². The Kier molecular flexibility index (Phi) is 30.0. The fourth-order valence-corrected chi connectivity index (χ4v) is 17.7. The molecule has 0 aliphatic heterocycles. The van der Waals surface area contributed by atoms with E-state index in [1.54, 1.807) is 117 Å². The minimum atomic E-state index is -4.68. The largest absolute Gasteiger partial charge is 0.481 e. The number of hydrogen-bond donors (Lipinski definition) is 4. The average Bonchev–Trinajstić information content (AvgIpc) is 1.49. The Balaban J connectivity index is 0.000000159. The smallest absolute Gasteiger partial charge is 0.433 e. The lowest BCUT2D eigenvalue weighted by Crippen LogP contribution is -2.32. The summed E-state index contributed by atoms with van der Waals surface area (Å²) in [4.78, 5) is 40.8. The van der Waals surface area contributed by atoms with Gasteiger partial charge in [-0.2, -0.15) is 36.7 Å². The van der Waals surface area contributed by atoms with Crippen molar-refractivity contribution in [2.24, 2.45) is 35.2 Å². The number of aliphatic hydroxyl groups is 4. The normalized spacial score (nSPS) is 13.9. The molecule has 0 saturated heterocycles. The number of halogens is 18. The fourth-order valence-electron chi connectivity index (χ4n) is 16.7. The van der Waals surface area contributed by atoms with Gasteiger partial charge in [-0.25, -0.2) is 75.0 Å². The van der Waals surface area contributed by atoms with E-state index in [1.807, 2.05) is 38.5 Å². The zero-order valence-electron chi connectivity index (χ0n) is 78.3. The molecule has 0 aliphatic rings. The van der Waals surface area contributed by atoms with Crippen molar-refractivity contribution in [2.45, 2.75) is 126 Å². The Morgan fingerprint density at radius 1 is 0.387 bits per heavy atom. The Morgan fingerprint density at radius 2 is 0.732 bits per heavy atom. The predicted octanol–water partition coefficient (Wildman–Crippen LogP) is 20.6. The van der Waals surface area contributed by atoms with Gasteiger partial charge >= 0.3 is 12.4 Å². The number of fused-ring (bicyclic) bond motifs is 4. The highest BCUT2D eigenvalue weighted by molar-refractivity contribution is 6.38. The van der Waals surface area contributed by atoms with Gasteiger partial charge in [0.05, 0.1) is 143 Å². The van der Waals surface area contributed by atoms with Crippen LogP contribution in [-0.4, -0.2) is 157 Å². The van der Waals surface area contributed by atoms with E-state index >= 15 is 0 Å². The highest BCUT2D eigenvalue weighted by Crippen LogP contribution is 2.50. The second-order valence-electron chi connectivity index (χ2n) is 34.0. The number of pyridine rings is 6. The third-order valence-electron chi connectivity index (χ3n) is 23.6. The van der Waals surface area contributed by atoms with Gasteiger partial charge in [0.1, 0.15) is 23.3 Å². The van der Waals surface area contributed by atoms with Crippen LogP contribution in [0.4, 0.5) is 61.5 Å². The number of aryl methyl sites for hydroxylation is 6. The molecule has 0 fully saturated rings. The first-order valence-corrected chi connectivity index (χ1v) is 44.1. The summed E-state index contributed by atoms with van der Waals surface area (Å²) >= 11 is 25.9. The van der Waals surface area contributed by atoms with E-state index in [9.17, 15) is 87.2 Å². The van der Waals surface area contributed by atoms with Crippen molar-refractivity contribution < 1.29 is 106 Å². The maximum atomic E-state index is 13.9. The fraction of sp³-hybridized carbons (Fsp3) is 0.306. The van der Waals surface area contributed by atoms with E-state index in [1.165, 1.54) is 99.0 Å². The standard InChI is InChI=1S/C25H28ClF2N5O3.C25H20F5N5O2.C24H21Cl2F2N3O2.C24H20ClF5N4O2/c1-13-20(14(2)33(6)31-13)25(34,19-11-29-15(3)32(19)5)16-8-9-18-17(10-16)21(26)22(23(30-18)35-7)36-12-24(4,27)28;1-23(26,27)9-17-18(10-31)16-8-14(4-6-19(16)34-22(17)37-3)24(36,21-12-32-13-35(21)2)15-5-7-20(33-11-15)25(28,29)30;1-23(27,28)11-18-21(26)17-10-15(6-9-19(17)30-22(18)33-3)24(32,20-12-29-13-31(20)2)14-4-7-16(25)8-5-14;1-22(26,27)9-16-20(25)15-8-13(4-6-17(15)33-21(16)36-3)23(35,19-11-31-12-34(19)2)14-5-7-18(32-10-14)24(28,29)30/h8-11,34H,12H2,1-7H3;4-8,11-13,36H,9H2,1-3H3;4-10,12-13,32H,11H2,1-3H3;4-8,10-12,35H,9H2,1-3H3. The first-order valence-electron chi connectivity index (χ1n) is 42.6. The summed E-state index contributed by atoms with van der Waals surface area (Å²) in [6.07, 6.45) is 0.568. The van der Waals surface area contributed by atoms with E-state index in [0.29, 0.717) is 84.4 Å². The number of benzene rings is 5. The molecule has 142 heavy (non-hydrogen) atoms. The molecule has 4 N–H and O–H groups in total. The first-order chi connectivity index (χ1) is 66.4. The summed E-state index contributed by atoms with van der Waals surface area (Å²) < 4.78 is 223. The molecule has 0 radical (unpaired) electrons. The third-order valence-corrected chi connectivity index (χ3v) is 25.1. The minimum Gasteiger partial charge on any atom is -0.481 e.